The Morgan fingerprint density at radius 1 is 0.571 bits per heavy atom. The van der Waals surface area contributed by atoms with Crippen molar-refractivity contribution in [2.75, 3.05) is 13.6 Å². The molecule has 0 spiro atoms. The van der Waals surface area contributed by atoms with Crippen LogP contribution in [0.1, 0.15) is 89.9 Å². The third kappa shape index (κ3) is 7.03. The molecular formula is C22H36O6. The van der Waals surface area contributed by atoms with E-state index in [1.54, 1.807) is 0 Å². The molecule has 3 rings (SSSR count). The molecule has 0 aromatic heterocycles. The molecule has 6 heteroatoms. The first kappa shape index (κ1) is 21.6. The minimum atomic E-state index is -0.113. The minimum Gasteiger partial charge on any atom is -0.438 e. The van der Waals surface area contributed by atoms with E-state index in [0.717, 1.165) is 77.0 Å². The zero-order valence-corrected chi connectivity index (χ0v) is 17.1. The number of hydrogen-bond acceptors (Lipinski definition) is 6. The smallest absolute Gasteiger partial charge is 0.311 e. The van der Waals surface area contributed by atoms with Crippen molar-refractivity contribution in [1.29, 1.82) is 0 Å². The summed E-state index contributed by atoms with van der Waals surface area (Å²) in [6.07, 6.45) is 14.4. The highest BCUT2D eigenvalue weighted by atomic mass is 16.7. The maximum Gasteiger partial charge on any atom is 0.311 e. The molecule has 3 fully saturated rings. The Hall–Kier alpha value is -1.14. The summed E-state index contributed by atoms with van der Waals surface area (Å²) < 4.78 is 22.2. The maximum absolute atomic E-state index is 12.1. The van der Waals surface area contributed by atoms with Crippen molar-refractivity contribution in [3.63, 3.8) is 0 Å². The molecule has 0 heterocycles. The normalized spacial score (nSPS) is 27.3. The molecule has 0 N–H and O–H groups in total. The van der Waals surface area contributed by atoms with Gasteiger partial charge in [-0.3, -0.25) is 9.59 Å². The van der Waals surface area contributed by atoms with E-state index >= 15 is 0 Å². The van der Waals surface area contributed by atoms with E-state index in [1.807, 2.05) is 0 Å². The van der Waals surface area contributed by atoms with E-state index in [2.05, 4.69) is 0 Å². The molecule has 0 radical (unpaired) electrons. The summed E-state index contributed by atoms with van der Waals surface area (Å²) in [7, 11) is 0. The predicted octanol–water partition coefficient (Wildman–Crippen LogP) is 4.49. The SMILES string of the molecule is O=C(OCOC1CCCC(OCOC(=O)C2CCCCC2)C1)C1CCCCC1. The average Bonchev–Trinajstić information content (AvgIpc) is 2.75. The fraction of sp³-hybridized carbons (Fsp3) is 0.909. The van der Waals surface area contributed by atoms with Gasteiger partial charge in [-0.2, -0.15) is 0 Å². The summed E-state index contributed by atoms with van der Waals surface area (Å²) >= 11 is 0. The van der Waals surface area contributed by atoms with Crippen molar-refractivity contribution >= 4 is 11.9 Å². The van der Waals surface area contributed by atoms with Gasteiger partial charge in [-0.05, 0) is 44.9 Å². The van der Waals surface area contributed by atoms with Crippen LogP contribution in [0.15, 0.2) is 0 Å². The fourth-order valence-corrected chi connectivity index (χ4v) is 4.69. The molecular weight excluding hydrogens is 360 g/mol. The van der Waals surface area contributed by atoms with Crippen LogP contribution in [-0.4, -0.2) is 37.7 Å². The van der Waals surface area contributed by atoms with Crippen LogP contribution in [0.4, 0.5) is 0 Å². The molecule has 28 heavy (non-hydrogen) atoms. The summed E-state index contributed by atoms with van der Waals surface area (Å²) in [6.45, 7) is 0.0623. The number of rotatable bonds is 8. The summed E-state index contributed by atoms with van der Waals surface area (Å²) in [5.41, 5.74) is 0. The Morgan fingerprint density at radius 2 is 1.00 bits per heavy atom. The molecule has 6 nitrogen and oxygen atoms in total. The summed E-state index contributed by atoms with van der Waals surface area (Å²) in [6, 6.07) is 0. The van der Waals surface area contributed by atoms with Gasteiger partial charge in [0.15, 0.2) is 13.6 Å². The summed E-state index contributed by atoms with van der Waals surface area (Å²) in [4.78, 5) is 24.1. The number of hydrogen-bond donors (Lipinski definition) is 0. The third-order valence-corrected chi connectivity index (χ3v) is 6.46. The molecule has 2 unspecified atom stereocenters. The first-order chi connectivity index (χ1) is 13.7. The van der Waals surface area contributed by atoms with Crippen LogP contribution in [0.5, 0.6) is 0 Å². The standard InChI is InChI=1S/C22H36O6/c23-21(17-8-3-1-4-9-17)27-15-25-19-12-7-13-20(14-19)26-16-28-22(24)18-10-5-2-6-11-18/h17-20H,1-16H2. The second kappa shape index (κ2) is 11.8. The van der Waals surface area contributed by atoms with Crippen molar-refractivity contribution in [1.82, 2.24) is 0 Å². The van der Waals surface area contributed by atoms with Crippen LogP contribution in [0.2, 0.25) is 0 Å². The van der Waals surface area contributed by atoms with Gasteiger partial charge in [0, 0.05) is 6.42 Å². The van der Waals surface area contributed by atoms with Crippen LogP contribution >= 0.6 is 0 Å². The van der Waals surface area contributed by atoms with E-state index in [4.69, 9.17) is 18.9 Å². The zero-order valence-electron chi connectivity index (χ0n) is 17.1. The Balaban J connectivity index is 1.27. The van der Waals surface area contributed by atoms with Crippen LogP contribution < -0.4 is 0 Å². The van der Waals surface area contributed by atoms with Crippen molar-refractivity contribution in [3.8, 4) is 0 Å². The lowest BCUT2D eigenvalue weighted by Crippen LogP contribution is -2.31. The Labute approximate surface area is 168 Å². The lowest BCUT2D eigenvalue weighted by molar-refractivity contribution is -0.177. The third-order valence-electron chi connectivity index (χ3n) is 6.46. The van der Waals surface area contributed by atoms with E-state index in [0.29, 0.717) is 0 Å². The topological polar surface area (TPSA) is 71.1 Å². The van der Waals surface area contributed by atoms with Crippen molar-refractivity contribution in [2.45, 2.75) is 102 Å². The molecule has 0 aliphatic heterocycles. The average molecular weight is 397 g/mol. The molecule has 3 aliphatic rings. The van der Waals surface area contributed by atoms with Crippen molar-refractivity contribution in [3.05, 3.63) is 0 Å². The second-order valence-electron chi connectivity index (χ2n) is 8.58. The van der Waals surface area contributed by atoms with Gasteiger partial charge in [-0.25, -0.2) is 0 Å². The van der Waals surface area contributed by atoms with Gasteiger partial charge >= 0.3 is 11.9 Å². The van der Waals surface area contributed by atoms with Gasteiger partial charge in [-0.1, -0.05) is 38.5 Å². The molecule has 2 atom stereocenters. The first-order valence-electron chi connectivity index (χ1n) is 11.3. The fourth-order valence-electron chi connectivity index (χ4n) is 4.69. The highest BCUT2D eigenvalue weighted by Gasteiger charge is 2.27. The van der Waals surface area contributed by atoms with Crippen LogP contribution in [0.25, 0.3) is 0 Å². The molecule has 3 aliphatic carbocycles. The van der Waals surface area contributed by atoms with Gasteiger partial charge < -0.3 is 18.9 Å². The highest BCUT2D eigenvalue weighted by molar-refractivity contribution is 5.72. The second-order valence-corrected chi connectivity index (χ2v) is 8.58. The molecule has 0 amide bonds. The summed E-state index contributed by atoms with van der Waals surface area (Å²) in [5.74, 6) is -0.117. The summed E-state index contributed by atoms with van der Waals surface area (Å²) in [5, 5.41) is 0. The Morgan fingerprint density at radius 3 is 1.43 bits per heavy atom. The van der Waals surface area contributed by atoms with Crippen LogP contribution in [-0.2, 0) is 28.5 Å². The molecule has 3 saturated carbocycles. The molecule has 160 valence electrons. The largest absolute Gasteiger partial charge is 0.438 e. The van der Waals surface area contributed by atoms with E-state index < -0.39 is 0 Å². The molecule has 0 aromatic carbocycles. The van der Waals surface area contributed by atoms with Gasteiger partial charge in [0.05, 0.1) is 24.0 Å². The number of carbonyl (C=O) groups is 2. The lowest BCUT2D eigenvalue weighted by Gasteiger charge is -2.29. The quantitative estimate of drug-likeness (QED) is 0.445. The van der Waals surface area contributed by atoms with Gasteiger partial charge in [0.25, 0.3) is 0 Å². The van der Waals surface area contributed by atoms with Gasteiger partial charge in [0.2, 0.25) is 0 Å². The number of carbonyl (C=O) groups excluding carboxylic acids is 2. The van der Waals surface area contributed by atoms with E-state index in [9.17, 15) is 9.59 Å². The van der Waals surface area contributed by atoms with Gasteiger partial charge in [0.1, 0.15) is 0 Å². The number of ether oxygens (including phenoxy) is 4. The van der Waals surface area contributed by atoms with Gasteiger partial charge in [-0.15, -0.1) is 0 Å². The highest BCUT2D eigenvalue weighted by Crippen LogP contribution is 2.27. The Kier molecular flexibility index (Phi) is 9.06. The van der Waals surface area contributed by atoms with Crippen LogP contribution in [0.3, 0.4) is 0 Å². The maximum atomic E-state index is 12.1. The number of esters is 2. The first-order valence-corrected chi connectivity index (χ1v) is 11.3. The van der Waals surface area contributed by atoms with Crippen LogP contribution in [0, 0.1) is 11.8 Å². The minimum absolute atomic E-state index is 0.0311. The monoisotopic (exact) mass is 396 g/mol. The molecule has 0 saturated heterocycles. The predicted molar refractivity (Wildman–Crippen MR) is 103 cm³/mol. The Bertz CT molecular complexity index is 439. The molecule has 0 bridgehead atoms. The van der Waals surface area contributed by atoms with E-state index in [-0.39, 0.29) is 49.6 Å². The van der Waals surface area contributed by atoms with Crippen molar-refractivity contribution < 1.29 is 28.5 Å². The zero-order chi connectivity index (χ0) is 19.6. The van der Waals surface area contributed by atoms with E-state index in [1.165, 1.54) is 12.8 Å². The lowest BCUT2D eigenvalue weighted by atomic mass is 9.89. The van der Waals surface area contributed by atoms with Crippen molar-refractivity contribution in [2.24, 2.45) is 11.8 Å². The molecule has 0 aromatic rings.